The SMILES string of the molecule is CC/C=C\C/C=C\C/C=C\C/C=C\C/C=C\C/C=C\CCCCCCCCCCC(=O)OCC(O)COP(=O)(O)OCC(O)COP(=O)(O)OCC(COC(=O)CCCCCCCC/C=C\C/C=C\C/C=C\CCCCC)OC(=O)CCCCCCCCCCCCC. The first kappa shape index (κ1) is 89.2. The maximum atomic E-state index is 12.9. The molecule has 0 fully saturated rings. The highest BCUT2D eigenvalue weighted by atomic mass is 31.2. The Bertz CT molecular complexity index is 2130. The Morgan fingerprint density at radius 2 is 0.570 bits per heavy atom. The van der Waals surface area contributed by atoms with Gasteiger partial charge in [-0.3, -0.25) is 32.5 Å². The summed E-state index contributed by atoms with van der Waals surface area (Å²) in [6.45, 7) is 2.50. The van der Waals surface area contributed by atoms with E-state index in [2.05, 4.69) is 130 Å². The topological polar surface area (TPSA) is 231 Å². The van der Waals surface area contributed by atoms with Gasteiger partial charge in [-0.15, -0.1) is 0 Å². The summed E-state index contributed by atoms with van der Waals surface area (Å²) in [4.78, 5) is 58.4. The Hall–Kier alpha value is -3.79. The molecule has 0 bridgehead atoms. The molecule has 536 valence electrons. The number of carbonyl (C=O) groups excluding carboxylic acids is 3. The summed E-state index contributed by atoms with van der Waals surface area (Å²) in [6.07, 6.45) is 77.1. The number of hydrogen-bond acceptors (Lipinski definition) is 14. The monoisotopic (exact) mass is 1350 g/mol. The second-order valence-corrected chi connectivity index (χ2v) is 26.9. The summed E-state index contributed by atoms with van der Waals surface area (Å²) in [7, 11) is -9.78. The standard InChI is InChI=1S/C75H130O16P2/c1-4-7-10-13-16-19-22-24-26-28-30-31-32-33-34-35-36-37-39-41-42-44-47-49-52-55-58-61-73(78)85-64-70(76)65-87-92(81,82)88-66-71(77)67-89-93(83,84)90-69-72(91-75(80)63-60-57-54-51-46-21-18-15-12-9-6-3)68-86-74(79)62-59-56-53-50-48-45-43-40-38-29-27-25-23-20-17-14-11-8-5-2/h7,10,16-17,19-20,24-27,30-31,33-34,36-38,40,70-72,76-77H,4-6,8-9,11-15,18,21-23,28-29,32,35,39,41-69H2,1-3H3,(H,81,82)(H,83,84)/b10-7-,19-16-,20-17-,26-24-,27-25-,31-30-,34-33-,37-36-,40-38-. The van der Waals surface area contributed by atoms with E-state index in [9.17, 15) is 43.5 Å². The van der Waals surface area contributed by atoms with Gasteiger partial charge in [-0.2, -0.15) is 0 Å². The fourth-order valence-corrected chi connectivity index (χ4v) is 11.0. The van der Waals surface area contributed by atoms with Crippen LogP contribution in [0.2, 0.25) is 0 Å². The molecule has 5 atom stereocenters. The van der Waals surface area contributed by atoms with Gasteiger partial charge in [0.1, 0.15) is 25.4 Å². The quantitative estimate of drug-likeness (QED) is 0.0146. The molecule has 0 saturated carbocycles. The highest BCUT2D eigenvalue weighted by Crippen LogP contribution is 2.45. The molecular formula is C75H130O16P2. The van der Waals surface area contributed by atoms with E-state index in [4.69, 9.17) is 32.3 Å². The smallest absolute Gasteiger partial charge is 0.463 e. The van der Waals surface area contributed by atoms with Crippen LogP contribution in [-0.4, -0.2) is 95.9 Å². The lowest BCUT2D eigenvalue weighted by Gasteiger charge is -2.21. The van der Waals surface area contributed by atoms with E-state index < -0.39 is 91.5 Å². The molecule has 0 amide bonds. The second kappa shape index (κ2) is 68.2. The van der Waals surface area contributed by atoms with Crippen LogP contribution in [0.5, 0.6) is 0 Å². The highest BCUT2D eigenvalue weighted by molar-refractivity contribution is 7.47. The van der Waals surface area contributed by atoms with E-state index in [1.54, 1.807) is 0 Å². The fourth-order valence-electron chi connectivity index (χ4n) is 9.46. The molecule has 0 saturated heterocycles. The van der Waals surface area contributed by atoms with E-state index in [1.807, 2.05) is 0 Å². The lowest BCUT2D eigenvalue weighted by Crippen LogP contribution is -2.30. The first-order valence-electron chi connectivity index (χ1n) is 36.2. The summed E-state index contributed by atoms with van der Waals surface area (Å²) in [5, 5.41) is 20.6. The van der Waals surface area contributed by atoms with Gasteiger partial charge in [-0.1, -0.05) is 271 Å². The number of ether oxygens (including phenoxy) is 3. The molecule has 0 aliphatic carbocycles. The molecule has 0 heterocycles. The average molecular weight is 1350 g/mol. The van der Waals surface area contributed by atoms with Crippen molar-refractivity contribution in [2.45, 2.75) is 309 Å². The van der Waals surface area contributed by atoms with E-state index in [1.165, 1.54) is 77.0 Å². The molecule has 0 aliphatic heterocycles. The molecule has 0 radical (unpaired) electrons. The van der Waals surface area contributed by atoms with E-state index in [0.717, 1.165) is 154 Å². The summed E-state index contributed by atoms with van der Waals surface area (Å²) in [5.41, 5.74) is 0. The minimum Gasteiger partial charge on any atom is -0.463 e. The van der Waals surface area contributed by atoms with Gasteiger partial charge in [0.2, 0.25) is 0 Å². The van der Waals surface area contributed by atoms with E-state index >= 15 is 0 Å². The molecule has 4 N–H and O–H groups in total. The van der Waals surface area contributed by atoms with E-state index in [0.29, 0.717) is 19.3 Å². The Morgan fingerprint density at radius 3 is 0.925 bits per heavy atom. The van der Waals surface area contributed by atoms with Crippen molar-refractivity contribution in [1.29, 1.82) is 0 Å². The Morgan fingerprint density at radius 1 is 0.312 bits per heavy atom. The Kier molecular flexibility index (Phi) is 65.4. The minimum absolute atomic E-state index is 0.103. The Labute approximate surface area is 564 Å². The van der Waals surface area contributed by atoms with Crippen LogP contribution in [0.15, 0.2) is 109 Å². The lowest BCUT2D eigenvalue weighted by molar-refractivity contribution is -0.161. The van der Waals surface area contributed by atoms with Crippen molar-refractivity contribution >= 4 is 33.6 Å². The van der Waals surface area contributed by atoms with Crippen LogP contribution >= 0.6 is 15.6 Å². The maximum Gasteiger partial charge on any atom is 0.472 e. The summed E-state index contributed by atoms with van der Waals surface area (Å²) >= 11 is 0. The van der Waals surface area contributed by atoms with Gasteiger partial charge in [0.15, 0.2) is 6.10 Å². The number of unbranched alkanes of at least 4 members (excludes halogenated alkanes) is 27. The van der Waals surface area contributed by atoms with Crippen LogP contribution < -0.4 is 0 Å². The van der Waals surface area contributed by atoms with Gasteiger partial charge < -0.3 is 34.2 Å². The van der Waals surface area contributed by atoms with Gasteiger partial charge in [-0.25, -0.2) is 9.13 Å². The van der Waals surface area contributed by atoms with Gasteiger partial charge in [-0.05, 0) is 109 Å². The largest absolute Gasteiger partial charge is 0.472 e. The van der Waals surface area contributed by atoms with Gasteiger partial charge >= 0.3 is 33.6 Å². The molecular weight excluding hydrogens is 1220 g/mol. The molecule has 0 rings (SSSR count). The van der Waals surface area contributed by atoms with Crippen LogP contribution in [-0.2, 0) is 55.8 Å². The number of phosphoric ester groups is 2. The van der Waals surface area contributed by atoms with Gasteiger partial charge in [0.05, 0.1) is 26.4 Å². The first-order chi connectivity index (χ1) is 45.2. The molecule has 93 heavy (non-hydrogen) atoms. The number of hydrogen-bond donors (Lipinski definition) is 4. The van der Waals surface area contributed by atoms with Crippen LogP contribution in [0.1, 0.15) is 290 Å². The van der Waals surface area contributed by atoms with Crippen molar-refractivity contribution in [3.05, 3.63) is 109 Å². The minimum atomic E-state index is -4.92. The zero-order chi connectivity index (χ0) is 68.1. The number of esters is 3. The number of carbonyl (C=O) groups is 3. The highest BCUT2D eigenvalue weighted by Gasteiger charge is 2.29. The Balaban J connectivity index is 4.51. The summed E-state index contributed by atoms with van der Waals surface area (Å²) in [5.74, 6) is -1.59. The molecule has 0 aliphatic rings. The predicted molar refractivity (Wildman–Crippen MR) is 380 cm³/mol. The molecule has 0 aromatic rings. The third-order valence-corrected chi connectivity index (χ3v) is 16.9. The van der Waals surface area contributed by atoms with Crippen LogP contribution in [0, 0.1) is 0 Å². The number of aliphatic hydroxyl groups excluding tert-OH is 2. The van der Waals surface area contributed by atoms with Crippen molar-refractivity contribution in [3.8, 4) is 0 Å². The predicted octanol–water partition coefficient (Wildman–Crippen LogP) is 20.4. The first-order valence-corrected chi connectivity index (χ1v) is 39.2. The zero-order valence-corrected chi connectivity index (χ0v) is 59.9. The van der Waals surface area contributed by atoms with Crippen molar-refractivity contribution in [2.24, 2.45) is 0 Å². The lowest BCUT2D eigenvalue weighted by atomic mass is 10.1. The maximum absolute atomic E-state index is 12.9. The molecule has 0 spiro atoms. The summed E-state index contributed by atoms with van der Waals surface area (Å²) in [6, 6.07) is 0. The number of rotatable bonds is 68. The fraction of sp³-hybridized carbons (Fsp3) is 0.720. The number of aliphatic hydroxyl groups is 2. The van der Waals surface area contributed by atoms with Crippen LogP contribution in [0.25, 0.3) is 0 Å². The molecule has 0 aromatic heterocycles. The molecule has 16 nitrogen and oxygen atoms in total. The summed E-state index contributed by atoms with van der Waals surface area (Å²) < 4.78 is 60.9. The van der Waals surface area contributed by atoms with Crippen molar-refractivity contribution in [2.75, 3.05) is 39.6 Å². The van der Waals surface area contributed by atoms with Crippen molar-refractivity contribution < 1.29 is 75.8 Å². The van der Waals surface area contributed by atoms with Gasteiger partial charge in [0, 0.05) is 19.3 Å². The second-order valence-electron chi connectivity index (χ2n) is 24.0. The molecule has 18 heteroatoms. The van der Waals surface area contributed by atoms with E-state index in [-0.39, 0.29) is 19.3 Å². The number of phosphoric acid groups is 2. The average Bonchev–Trinajstić information content (AvgIpc) is 2.94. The van der Waals surface area contributed by atoms with Crippen molar-refractivity contribution in [3.63, 3.8) is 0 Å². The molecule has 5 unspecified atom stereocenters. The molecule has 0 aromatic carbocycles. The van der Waals surface area contributed by atoms with Crippen LogP contribution in [0.3, 0.4) is 0 Å². The van der Waals surface area contributed by atoms with Crippen molar-refractivity contribution in [1.82, 2.24) is 0 Å². The number of allylic oxidation sites excluding steroid dienone is 18. The normalized spacial score (nSPS) is 14.8. The zero-order valence-electron chi connectivity index (χ0n) is 58.1. The third-order valence-electron chi connectivity index (χ3n) is 15.0. The third kappa shape index (κ3) is 69.4. The van der Waals surface area contributed by atoms with Gasteiger partial charge in [0.25, 0.3) is 0 Å². The van der Waals surface area contributed by atoms with Crippen LogP contribution in [0.4, 0.5) is 0 Å².